The van der Waals surface area contributed by atoms with Gasteiger partial charge in [0.1, 0.15) is 5.82 Å². The van der Waals surface area contributed by atoms with Gasteiger partial charge in [0.15, 0.2) is 6.61 Å². The predicted molar refractivity (Wildman–Crippen MR) is 102 cm³/mol. The molecule has 1 N–H and O–H groups in total. The van der Waals surface area contributed by atoms with Crippen LogP contribution >= 0.6 is 0 Å². The van der Waals surface area contributed by atoms with E-state index < -0.39 is 34.3 Å². The lowest BCUT2D eigenvalue weighted by atomic mass is 10.0. The van der Waals surface area contributed by atoms with Gasteiger partial charge in [-0.05, 0) is 60.9 Å². The van der Waals surface area contributed by atoms with E-state index in [1.165, 1.54) is 34.6 Å². The van der Waals surface area contributed by atoms with Crippen molar-refractivity contribution in [2.75, 3.05) is 29.0 Å². The van der Waals surface area contributed by atoms with Crippen LogP contribution in [-0.2, 0) is 26.0 Å². The maximum absolute atomic E-state index is 12.9. The third-order valence-electron chi connectivity index (χ3n) is 4.25. The molecule has 0 aromatic heterocycles. The molecule has 2 aromatic rings. The quantitative estimate of drug-likeness (QED) is 0.770. The minimum atomic E-state index is -3.39. The van der Waals surface area contributed by atoms with Gasteiger partial charge in [0.2, 0.25) is 10.0 Å². The summed E-state index contributed by atoms with van der Waals surface area (Å²) in [5.41, 5.74) is 1.92. The van der Waals surface area contributed by atoms with E-state index in [-0.39, 0.29) is 5.56 Å². The number of carbonyl (C=O) groups excluding carboxylic acids is 2. The Balaban J connectivity index is 1.63. The minimum absolute atomic E-state index is 0.240. The van der Waals surface area contributed by atoms with Gasteiger partial charge in [-0.15, -0.1) is 0 Å². The number of sulfonamides is 1. The highest BCUT2D eigenvalue weighted by Gasteiger charge is 2.25. The number of amides is 1. The summed E-state index contributed by atoms with van der Waals surface area (Å²) in [6.07, 6.45) is 2.44. The molecule has 9 heteroatoms. The van der Waals surface area contributed by atoms with Crippen LogP contribution in [0.1, 0.15) is 22.3 Å². The number of carbonyl (C=O) groups is 2. The Morgan fingerprint density at radius 3 is 2.57 bits per heavy atom. The second kappa shape index (κ2) is 7.97. The van der Waals surface area contributed by atoms with Crippen LogP contribution in [0.25, 0.3) is 0 Å². The fraction of sp³-hybridized carbons (Fsp3) is 0.263. The first-order valence-corrected chi connectivity index (χ1v) is 10.4. The number of halogens is 1. The topological polar surface area (TPSA) is 92.8 Å². The molecule has 0 saturated carbocycles. The monoisotopic (exact) mass is 406 g/mol. The SMILES string of the molecule is CS(=O)(=O)N1CCCc2cc(C(=O)OCC(=O)Nc3ccc(F)cc3)ccc21. The molecule has 3 rings (SSSR count). The van der Waals surface area contributed by atoms with E-state index in [1.54, 1.807) is 12.1 Å². The van der Waals surface area contributed by atoms with Gasteiger partial charge in [-0.25, -0.2) is 17.6 Å². The summed E-state index contributed by atoms with van der Waals surface area (Å²) in [5, 5.41) is 2.49. The van der Waals surface area contributed by atoms with Crippen molar-refractivity contribution in [2.45, 2.75) is 12.8 Å². The van der Waals surface area contributed by atoms with Gasteiger partial charge in [-0.1, -0.05) is 0 Å². The van der Waals surface area contributed by atoms with Crippen LogP contribution in [-0.4, -0.2) is 39.7 Å². The molecule has 2 aromatic carbocycles. The third kappa shape index (κ3) is 4.66. The summed E-state index contributed by atoms with van der Waals surface area (Å²) < 4.78 is 43.0. The zero-order valence-corrected chi connectivity index (χ0v) is 16.0. The molecule has 1 amide bonds. The zero-order valence-electron chi connectivity index (χ0n) is 15.1. The second-order valence-corrected chi connectivity index (χ2v) is 8.32. The van der Waals surface area contributed by atoms with E-state index in [2.05, 4.69) is 5.32 Å². The minimum Gasteiger partial charge on any atom is -0.452 e. The van der Waals surface area contributed by atoms with Gasteiger partial charge in [0.25, 0.3) is 5.91 Å². The second-order valence-electron chi connectivity index (χ2n) is 6.41. The lowest BCUT2D eigenvalue weighted by Crippen LogP contribution is -2.34. The summed E-state index contributed by atoms with van der Waals surface area (Å²) in [7, 11) is -3.39. The molecule has 0 saturated heterocycles. The van der Waals surface area contributed by atoms with Gasteiger partial charge < -0.3 is 10.1 Å². The van der Waals surface area contributed by atoms with Crippen molar-refractivity contribution in [1.29, 1.82) is 0 Å². The van der Waals surface area contributed by atoms with Gasteiger partial charge in [0.05, 0.1) is 17.5 Å². The van der Waals surface area contributed by atoms with Crippen LogP contribution in [0.2, 0.25) is 0 Å². The van der Waals surface area contributed by atoms with E-state index in [0.717, 1.165) is 11.8 Å². The number of nitrogens with one attached hydrogen (secondary N) is 1. The first-order valence-electron chi connectivity index (χ1n) is 8.57. The van der Waals surface area contributed by atoms with Crippen molar-refractivity contribution >= 4 is 33.3 Å². The molecular formula is C19H19FN2O5S. The molecule has 148 valence electrons. The smallest absolute Gasteiger partial charge is 0.338 e. The van der Waals surface area contributed by atoms with Crippen molar-refractivity contribution in [1.82, 2.24) is 0 Å². The highest BCUT2D eigenvalue weighted by atomic mass is 32.2. The Kier molecular flexibility index (Phi) is 5.64. The number of nitrogens with zero attached hydrogens (tertiary/aromatic N) is 1. The van der Waals surface area contributed by atoms with Gasteiger partial charge in [-0.2, -0.15) is 0 Å². The fourth-order valence-corrected chi connectivity index (χ4v) is 3.97. The van der Waals surface area contributed by atoms with E-state index in [9.17, 15) is 22.4 Å². The molecule has 28 heavy (non-hydrogen) atoms. The van der Waals surface area contributed by atoms with Crippen LogP contribution in [0.4, 0.5) is 15.8 Å². The van der Waals surface area contributed by atoms with Crippen LogP contribution in [0.3, 0.4) is 0 Å². The molecule has 7 nitrogen and oxygen atoms in total. The Bertz CT molecular complexity index is 1010. The summed E-state index contributed by atoms with van der Waals surface area (Å²) >= 11 is 0. The lowest BCUT2D eigenvalue weighted by molar-refractivity contribution is -0.119. The molecule has 1 heterocycles. The first-order chi connectivity index (χ1) is 13.2. The number of fused-ring (bicyclic) bond motifs is 1. The molecular weight excluding hydrogens is 387 g/mol. The molecule has 1 aliphatic rings. The van der Waals surface area contributed by atoms with Crippen molar-refractivity contribution in [3.63, 3.8) is 0 Å². The van der Waals surface area contributed by atoms with Crippen molar-refractivity contribution < 1.29 is 27.1 Å². The molecule has 0 aliphatic carbocycles. The number of benzene rings is 2. The lowest BCUT2D eigenvalue weighted by Gasteiger charge is -2.29. The number of anilines is 2. The number of ether oxygens (including phenoxy) is 1. The highest BCUT2D eigenvalue weighted by molar-refractivity contribution is 7.92. The average molecular weight is 406 g/mol. The summed E-state index contributed by atoms with van der Waals surface area (Å²) in [5.74, 6) is -1.67. The Hall–Kier alpha value is -2.94. The van der Waals surface area contributed by atoms with E-state index in [0.29, 0.717) is 30.8 Å². The van der Waals surface area contributed by atoms with Gasteiger partial charge >= 0.3 is 5.97 Å². The summed E-state index contributed by atoms with van der Waals surface area (Å²) in [4.78, 5) is 24.1. The number of hydrogen-bond donors (Lipinski definition) is 1. The normalized spacial score (nSPS) is 13.6. The number of rotatable bonds is 5. The van der Waals surface area contributed by atoms with E-state index in [4.69, 9.17) is 4.74 Å². The van der Waals surface area contributed by atoms with Gasteiger partial charge in [0, 0.05) is 12.2 Å². The highest BCUT2D eigenvalue weighted by Crippen LogP contribution is 2.30. The third-order valence-corrected chi connectivity index (χ3v) is 5.43. The molecule has 0 fully saturated rings. The van der Waals surface area contributed by atoms with E-state index in [1.807, 2.05) is 0 Å². The maximum Gasteiger partial charge on any atom is 0.338 e. The Labute approximate surface area is 162 Å². The Morgan fingerprint density at radius 2 is 1.89 bits per heavy atom. The number of esters is 1. The predicted octanol–water partition coefficient (Wildman–Crippen LogP) is 2.33. The molecule has 0 unspecified atom stereocenters. The van der Waals surface area contributed by atoms with E-state index >= 15 is 0 Å². The molecule has 0 spiro atoms. The summed E-state index contributed by atoms with van der Waals surface area (Å²) in [6, 6.07) is 9.83. The van der Waals surface area contributed by atoms with Crippen LogP contribution < -0.4 is 9.62 Å². The fourth-order valence-electron chi connectivity index (χ4n) is 2.98. The van der Waals surface area contributed by atoms with Crippen LogP contribution in [0.15, 0.2) is 42.5 Å². The van der Waals surface area contributed by atoms with Crippen molar-refractivity contribution in [3.05, 3.63) is 59.4 Å². The zero-order chi connectivity index (χ0) is 20.3. The van der Waals surface area contributed by atoms with Crippen molar-refractivity contribution in [2.24, 2.45) is 0 Å². The van der Waals surface area contributed by atoms with Crippen LogP contribution in [0.5, 0.6) is 0 Å². The number of hydrogen-bond acceptors (Lipinski definition) is 5. The number of aryl methyl sites for hydroxylation is 1. The molecule has 0 bridgehead atoms. The van der Waals surface area contributed by atoms with Crippen molar-refractivity contribution in [3.8, 4) is 0 Å². The first kappa shape index (κ1) is 19.8. The largest absolute Gasteiger partial charge is 0.452 e. The molecule has 1 aliphatic heterocycles. The molecule has 0 atom stereocenters. The standard InChI is InChI=1S/C19H19FN2O5S/c1-28(25,26)22-10-2-3-13-11-14(4-9-17(13)22)19(24)27-12-18(23)21-16-7-5-15(20)6-8-16/h4-9,11H,2-3,10,12H2,1H3,(H,21,23). The van der Waals surface area contributed by atoms with Crippen LogP contribution in [0, 0.1) is 5.82 Å². The average Bonchev–Trinajstić information content (AvgIpc) is 2.66. The van der Waals surface area contributed by atoms with Gasteiger partial charge in [-0.3, -0.25) is 9.10 Å². The molecule has 0 radical (unpaired) electrons. The maximum atomic E-state index is 12.9. The summed E-state index contributed by atoms with van der Waals surface area (Å²) in [6.45, 7) is -0.0953. The Morgan fingerprint density at radius 1 is 1.18 bits per heavy atom.